The van der Waals surface area contributed by atoms with E-state index in [1.54, 1.807) is 24.3 Å². The molecule has 1 aliphatic heterocycles. The standard InChI is InChI=1S/C12H17N3O2/c1-13-9-3-5-14-11(7-9)12(16)15-6-4-10(8-15)17-2/h3,5,7,10H,4,6,8H2,1-2H3,(H,13,14). The summed E-state index contributed by atoms with van der Waals surface area (Å²) in [4.78, 5) is 18.1. The van der Waals surface area contributed by atoms with Crippen molar-refractivity contribution in [3.05, 3.63) is 24.0 Å². The van der Waals surface area contributed by atoms with Crippen molar-refractivity contribution in [2.75, 3.05) is 32.6 Å². The van der Waals surface area contributed by atoms with E-state index in [1.165, 1.54) is 0 Å². The highest BCUT2D eigenvalue weighted by molar-refractivity contribution is 5.93. The van der Waals surface area contributed by atoms with Crippen LogP contribution in [-0.4, -0.2) is 49.1 Å². The number of amides is 1. The molecule has 1 atom stereocenters. The van der Waals surface area contributed by atoms with Crippen LogP contribution in [0.4, 0.5) is 5.69 Å². The number of carbonyl (C=O) groups is 1. The van der Waals surface area contributed by atoms with Crippen LogP contribution >= 0.6 is 0 Å². The van der Waals surface area contributed by atoms with Crippen molar-refractivity contribution in [1.82, 2.24) is 9.88 Å². The van der Waals surface area contributed by atoms with Gasteiger partial charge in [0, 0.05) is 39.1 Å². The van der Waals surface area contributed by atoms with Gasteiger partial charge in [0.15, 0.2) is 0 Å². The summed E-state index contributed by atoms with van der Waals surface area (Å²) in [5.41, 5.74) is 1.37. The zero-order chi connectivity index (χ0) is 12.3. The van der Waals surface area contributed by atoms with Crippen molar-refractivity contribution in [3.63, 3.8) is 0 Å². The highest BCUT2D eigenvalue weighted by Crippen LogP contribution is 2.16. The Hall–Kier alpha value is -1.62. The predicted molar refractivity (Wildman–Crippen MR) is 65.1 cm³/mol. The predicted octanol–water partition coefficient (Wildman–Crippen LogP) is 0.984. The second kappa shape index (κ2) is 5.14. The fraction of sp³-hybridized carbons (Fsp3) is 0.500. The molecule has 1 saturated heterocycles. The summed E-state index contributed by atoms with van der Waals surface area (Å²) in [6, 6.07) is 3.60. The minimum atomic E-state index is -0.0262. The van der Waals surface area contributed by atoms with E-state index in [0.717, 1.165) is 18.7 Å². The highest BCUT2D eigenvalue weighted by atomic mass is 16.5. The lowest BCUT2D eigenvalue weighted by molar-refractivity contribution is 0.0719. The minimum absolute atomic E-state index is 0.0262. The van der Waals surface area contributed by atoms with Crippen molar-refractivity contribution in [3.8, 4) is 0 Å². The van der Waals surface area contributed by atoms with Crippen molar-refractivity contribution < 1.29 is 9.53 Å². The van der Waals surface area contributed by atoms with Gasteiger partial charge in [0.25, 0.3) is 5.91 Å². The lowest BCUT2D eigenvalue weighted by Gasteiger charge is -2.15. The molecule has 1 aromatic rings. The number of methoxy groups -OCH3 is 1. The number of anilines is 1. The van der Waals surface area contributed by atoms with Crippen LogP contribution < -0.4 is 5.32 Å². The molecule has 0 saturated carbocycles. The molecule has 0 bridgehead atoms. The molecule has 1 amide bonds. The maximum atomic E-state index is 12.2. The molecule has 0 aliphatic carbocycles. The maximum absolute atomic E-state index is 12.2. The largest absolute Gasteiger partial charge is 0.388 e. The van der Waals surface area contributed by atoms with Crippen LogP contribution in [0.3, 0.4) is 0 Å². The van der Waals surface area contributed by atoms with Gasteiger partial charge in [-0.25, -0.2) is 0 Å². The highest BCUT2D eigenvalue weighted by Gasteiger charge is 2.27. The summed E-state index contributed by atoms with van der Waals surface area (Å²) in [6.45, 7) is 1.39. The van der Waals surface area contributed by atoms with Crippen molar-refractivity contribution >= 4 is 11.6 Å². The Morgan fingerprint density at radius 1 is 1.65 bits per heavy atom. The maximum Gasteiger partial charge on any atom is 0.272 e. The molecule has 1 unspecified atom stereocenters. The van der Waals surface area contributed by atoms with E-state index in [4.69, 9.17) is 4.74 Å². The van der Waals surface area contributed by atoms with E-state index in [1.807, 2.05) is 13.1 Å². The molecule has 17 heavy (non-hydrogen) atoms. The Morgan fingerprint density at radius 2 is 2.47 bits per heavy atom. The van der Waals surface area contributed by atoms with Gasteiger partial charge < -0.3 is 15.0 Å². The molecular weight excluding hydrogens is 218 g/mol. The number of hydrogen-bond acceptors (Lipinski definition) is 4. The molecule has 1 N–H and O–H groups in total. The van der Waals surface area contributed by atoms with E-state index in [0.29, 0.717) is 12.2 Å². The second-order valence-corrected chi connectivity index (χ2v) is 4.08. The first kappa shape index (κ1) is 11.9. The van der Waals surface area contributed by atoms with Gasteiger partial charge in [0.05, 0.1) is 6.10 Å². The van der Waals surface area contributed by atoms with Gasteiger partial charge in [0.1, 0.15) is 5.69 Å². The summed E-state index contributed by atoms with van der Waals surface area (Å²) in [7, 11) is 3.50. The molecule has 2 rings (SSSR count). The van der Waals surface area contributed by atoms with Crippen LogP contribution in [0.25, 0.3) is 0 Å². The minimum Gasteiger partial charge on any atom is -0.388 e. The quantitative estimate of drug-likeness (QED) is 0.848. The Morgan fingerprint density at radius 3 is 3.12 bits per heavy atom. The van der Waals surface area contributed by atoms with Crippen molar-refractivity contribution in [1.29, 1.82) is 0 Å². The number of rotatable bonds is 3. The van der Waals surface area contributed by atoms with Crippen molar-refractivity contribution in [2.45, 2.75) is 12.5 Å². The third-order valence-corrected chi connectivity index (χ3v) is 3.03. The molecule has 1 aliphatic rings. The monoisotopic (exact) mass is 235 g/mol. The van der Waals surface area contributed by atoms with E-state index in [9.17, 15) is 4.79 Å². The summed E-state index contributed by atoms with van der Waals surface area (Å²) < 4.78 is 5.25. The third kappa shape index (κ3) is 2.55. The van der Waals surface area contributed by atoms with E-state index < -0.39 is 0 Å². The first-order valence-electron chi connectivity index (χ1n) is 5.70. The zero-order valence-electron chi connectivity index (χ0n) is 10.1. The van der Waals surface area contributed by atoms with Gasteiger partial charge in [-0.1, -0.05) is 0 Å². The lowest BCUT2D eigenvalue weighted by Crippen LogP contribution is -2.30. The molecule has 1 aromatic heterocycles. The average Bonchev–Trinajstić information content (AvgIpc) is 2.86. The van der Waals surface area contributed by atoms with Crippen LogP contribution in [0.2, 0.25) is 0 Å². The first-order chi connectivity index (χ1) is 8.24. The Kier molecular flexibility index (Phi) is 3.58. The van der Waals surface area contributed by atoms with Crippen LogP contribution in [0.15, 0.2) is 18.3 Å². The van der Waals surface area contributed by atoms with E-state index in [2.05, 4.69) is 10.3 Å². The molecule has 1 fully saturated rings. The summed E-state index contributed by atoms with van der Waals surface area (Å²) in [5.74, 6) is -0.0262. The Balaban J connectivity index is 2.09. The van der Waals surface area contributed by atoms with Gasteiger partial charge in [0.2, 0.25) is 0 Å². The molecular formula is C12H17N3O2. The Bertz CT molecular complexity index is 408. The number of nitrogens with one attached hydrogen (secondary N) is 1. The first-order valence-corrected chi connectivity index (χ1v) is 5.70. The van der Waals surface area contributed by atoms with Gasteiger partial charge >= 0.3 is 0 Å². The molecule has 5 nitrogen and oxygen atoms in total. The Labute approximate surface area is 101 Å². The second-order valence-electron chi connectivity index (χ2n) is 4.08. The number of hydrogen-bond donors (Lipinski definition) is 1. The zero-order valence-corrected chi connectivity index (χ0v) is 10.1. The van der Waals surface area contributed by atoms with E-state index in [-0.39, 0.29) is 12.0 Å². The lowest BCUT2D eigenvalue weighted by atomic mass is 10.3. The number of carbonyl (C=O) groups excluding carboxylic acids is 1. The van der Waals surface area contributed by atoms with Gasteiger partial charge in [-0.05, 0) is 18.6 Å². The third-order valence-electron chi connectivity index (χ3n) is 3.03. The van der Waals surface area contributed by atoms with Gasteiger partial charge in [-0.3, -0.25) is 9.78 Å². The number of likely N-dealkylation sites (tertiary alicyclic amines) is 1. The molecule has 0 spiro atoms. The van der Waals surface area contributed by atoms with Crippen LogP contribution in [0.5, 0.6) is 0 Å². The molecule has 0 aromatic carbocycles. The van der Waals surface area contributed by atoms with Crippen LogP contribution in [0, 0.1) is 0 Å². The normalized spacial score (nSPS) is 19.4. The fourth-order valence-corrected chi connectivity index (χ4v) is 1.97. The van der Waals surface area contributed by atoms with E-state index >= 15 is 0 Å². The molecule has 92 valence electrons. The number of ether oxygens (including phenoxy) is 1. The molecule has 0 radical (unpaired) electrons. The molecule has 5 heteroatoms. The van der Waals surface area contributed by atoms with Crippen LogP contribution in [0.1, 0.15) is 16.9 Å². The van der Waals surface area contributed by atoms with Crippen molar-refractivity contribution in [2.24, 2.45) is 0 Å². The molecule has 2 heterocycles. The van der Waals surface area contributed by atoms with Gasteiger partial charge in [-0.2, -0.15) is 0 Å². The number of nitrogens with zero attached hydrogens (tertiary/aromatic N) is 2. The van der Waals surface area contributed by atoms with Gasteiger partial charge in [-0.15, -0.1) is 0 Å². The summed E-state index contributed by atoms with van der Waals surface area (Å²) in [5, 5.41) is 3.00. The van der Waals surface area contributed by atoms with Crippen LogP contribution in [-0.2, 0) is 4.74 Å². The summed E-state index contributed by atoms with van der Waals surface area (Å²) >= 11 is 0. The average molecular weight is 235 g/mol. The number of pyridine rings is 1. The summed E-state index contributed by atoms with van der Waals surface area (Å²) in [6.07, 6.45) is 2.70. The number of aromatic nitrogens is 1. The topological polar surface area (TPSA) is 54.5 Å². The fourth-order valence-electron chi connectivity index (χ4n) is 1.97. The smallest absolute Gasteiger partial charge is 0.272 e. The SMILES string of the molecule is CNc1ccnc(C(=O)N2CCC(OC)C2)c1.